The molecule has 2 aromatic rings. The molecule has 1 fully saturated rings. The molecule has 0 radical (unpaired) electrons. The van der Waals surface area contributed by atoms with Gasteiger partial charge in [-0.25, -0.2) is 0 Å². The van der Waals surface area contributed by atoms with Crippen LogP contribution in [-0.2, 0) is 9.53 Å². The fraction of sp³-hybridized carbons (Fsp3) is 0.391. The molecule has 1 aliphatic rings. The molecule has 1 saturated heterocycles. The molecule has 5 heteroatoms. The predicted octanol–water partition coefficient (Wildman–Crippen LogP) is 3.59. The minimum absolute atomic E-state index is 0.0244. The van der Waals surface area contributed by atoms with Gasteiger partial charge >= 0.3 is 0 Å². The lowest BCUT2D eigenvalue weighted by molar-refractivity contribution is -0.129. The van der Waals surface area contributed by atoms with E-state index in [0.29, 0.717) is 24.6 Å². The number of ether oxygens (including phenoxy) is 1. The first-order valence-electron chi connectivity index (χ1n) is 9.72. The number of carbonyl (C=O) groups is 2. The van der Waals surface area contributed by atoms with E-state index in [1.54, 1.807) is 4.90 Å². The molecular weight excluding hydrogens is 352 g/mol. The fourth-order valence-corrected chi connectivity index (χ4v) is 3.43. The van der Waals surface area contributed by atoms with Crippen molar-refractivity contribution in [1.82, 2.24) is 5.32 Å². The zero-order chi connectivity index (χ0) is 20.3. The standard InChI is InChI=1S/C23H28N2O3/c1-15(2)18-5-7-19(8-6-18)23(27)24-12-21-13-25(22(26)14-28-21)20-10-16(3)9-17(4)11-20/h5-11,15,21H,12-14H2,1-4H3,(H,24,27). The lowest BCUT2D eigenvalue weighted by Gasteiger charge is -2.33. The number of benzene rings is 2. The number of amides is 2. The quantitative estimate of drug-likeness (QED) is 0.862. The second-order valence-corrected chi connectivity index (χ2v) is 7.77. The summed E-state index contributed by atoms with van der Waals surface area (Å²) >= 11 is 0. The Labute approximate surface area is 166 Å². The Kier molecular flexibility index (Phi) is 6.15. The van der Waals surface area contributed by atoms with Gasteiger partial charge in [-0.3, -0.25) is 9.59 Å². The van der Waals surface area contributed by atoms with Crippen LogP contribution in [0.3, 0.4) is 0 Å². The lowest BCUT2D eigenvalue weighted by atomic mass is 10.0. The molecule has 0 bridgehead atoms. The van der Waals surface area contributed by atoms with Gasteiger partial charge in [0.25, 0.3) is 11.8 Å². The van der Waals surface area contributed by atoms with Crippen molar-refractivity contribution in [2.75, 3.05) is 24.6 Å². The molecule has 2 aromatic carbocycles. The van der Waals surface area contributed by atoms with Crippen molar-refractivity contribution in [3.05, 3.63) is 64.7 Å². The van der Waals surface area contributed by atoms with Gasteiger partial charge in [0.2, 0.25) is 0 Å². The number of morpholine rings is 1. The van der Waals surface area contributed by atoms with E-state index in [9.17, 15) is 9.59 Å². The highest BCUT2D eigenvalue weighted by Crippen LogP contribution is 2.22. The van der Waals surface area contributed by atoms with Gasteiger partial charge in [0.1, 0.15) is 6.61 Å². The van der Waals surface area contributed by atoms with E-state index in [4.69, 9.17) is 4.74 Å². The summed E-state index contributed by atoms with van der Waals surface area (Å²) in [6.07, 6.45) is -0.239. The zero-order valence-electron chi connectivity index (χ0n) is 17.0. The van der Waals surface area contributed by atoms with Crippen molar-refractivity contribution < 1.29 is 14.3 Å². The third-order valence-electron chi connectivity index (χ3n) is 4.98. The normalized spacial score (nSPS) is 17.1. The predicted molar refractivity (Wildman–Crippen MR) is 111 cm³/mol. The third kappa shape index (κ3) is 4.78. The van der Waals surface area contributed by atoms with E-state index < -0.39 is 0 Å². The molecule has 1 N–H and O–H groups in total. The van der Waals surface area contributed by atoms with Crippen LogP contribution >= 0.6 is 0 Å². The highest BCUT2D eigenvalue weighted by atomic mass is 16.5. The van der Waals surface area contributed by atoms with E-state index in [1.807, 2.05) is 50.2 Å². The number of nitrogens with one attached hydrogen (secondary N) is 1. The minimum atomic E-state index is -0.239. The van der Waals surface area contributed by atoms with E-state index in [2.05, 4.69) is 25.2 Å². The molecule has 1 heterocycles. The first-order valence-corrected chi connectivity index (χ1v) is 9.72. The van der Waals surface area contributed by atoms with Crippen LogP contribution in [0, 0.1) is 13.8 Å². The topological polar surface area (TPSA) is 58.6 Å². The second kappa shape index (κ2) is 8.57. The summed E-state index contributed by atoms with van der Waals surface area (Å²) < 4.78 is 5.63. The summed E-state index contributed by atoms with van der Waals surface area (Å²) in [4.78, 5) is 26.5. The molecule has 5 nitrogen and oxygen atoms in total. The largest absolute Gasteiger partial charge is 0.365 e. The Hall–Kier alpha value is -2.66. The van der Waals surface area contributed by atoms with Crippen molar-refractivity contribution in [2.45, 2.75) is 39.7 Å². The van der Waals surface area contributed by atoms with Crippen LogP contribution in [0.2, 0.25) is 0 Å². The van der Waals surface area contributed by atoms with Crippen LogP contribution in [0.25, 0.3) is 0 Å². The number of aryl methyl sites for hydroxylation is 2. The minimum Gasteiger partial charge on any atom is -0.365 e. The first kappa shape index (κ1) is 20.1. The van der Waals surface area contributed by atoms with E-state index >= 15 is 0 Å². The summed E-state index contributed by atoms with van der Waals surface area (Å²) in [7, 11) is 0. The molecule has 148 valence electrons. The highest BCUT2D eigenvalue weighted by molar-refractivity contribution is 5.95. The van der Waals surface area contributed by atoms with Crippen LogP contribution in [0.4, 0.5) is 5.69 Å². The Balaban J connectivity index is 1.61. The van der Waals surface area contributed by atoms with Crippen LogP contribution in [-0.4, -0.2) is 37.6 Å². The van der Waals surface area contributed by atoms with Crippen molar-refractivity contribution >= 4 is 17.5 Å². The van der Waals surface area contributed by atoms with Gasteiger partial charge in [-0.05, 0) is 60.7 Å². The lowest BCUT2D eigenvalue weighted by Crippen LogP contribution is -2.50. The van der Waals surface area contributed by atoms with Crippen molar-refractivity contribution in [3.63, 3.8) is 0 Å². The van der Waals surface area contributed by atoms with Crippen molar-refractivity contribution in [1.29, 1.82) is 0 Å². The van der Waals surface area contributed by atoms with Crippen molar-refractivity contribution in [3.8, 4) is 0 Å². The summed E-state index contributed by atoms with van der Waals surface area (Å²) in [6, 6.07) is 13.7. The van der Waals surface area contributed by atoms with E-state index in [0.717, 1.165) is 16.8 Å². The van der Waals surface area contributed by atoms with Gasteiger partial charge < -0.3 is 15.0 Å². The fourth-order valence-electron chi connectivity index (χ4n) is 3.43. The summed E-state index contributed by atoms with van der Waals surface area (Å²) in [5.74, 6) is 0.243. The van der Waals surface area contributed by atoms with Gasteiger partial charge in [0.15, 0.2) is 0 Å². The van der Waals surface area contributed by atoms with Gasteiger partial charge in [-0.2, -0.15) is 0 Å². The molecular formula is C23H28N2O3. The molecule has 1 atom stereocenters. The van der Waals surface area contributed by atoms with Gasteiger partial charge in [0.05, 0.1) is 12.6 Å². The molecule has 0 aliphatic carbocycles. The number of hydrogen-bond donors (Lipinski definition) is 1. The van der Waals surface area contributed by atoms with Gasteiger partial charge in [0, 0.05) is 17.8 Å². The molecule has 1 unspecified atom stereocenters. The maximum atomic E-state index is 12.4. The number of carbonyl (C=O) groups excluding carboxylic acids is 2. The smallest absolute Gasteiger partial charge is 0.253 e. The van der Waals surface area contributed by atoms with Crippen LogP contribution in [0.5, 0.6) is 0 Å². The second-order valence-electron chi connectivity index (χ2n) is 7.77. The molecule has 0 spiro atoms. The monoisotopic (exact) mass is 380 g/mol. The number of hydrogen-bond acceptors (Lipinski definition) is 3. The summed E-state index contributed by atoms with van der Waals surface area (Å²) in [6.45, 7) is 9.09. The van der Waals surface area contributed by atoms with Crippen LogP contribution in [0.1, 0.15) is 46.8 Å². The maximum absolute atomic E-state index is 12.4. The SMILES string of the molecule is Cc1cc(C)cc(N2CC(CNC(=O)c3ccc(C(C)C)cc3)OCC2=O)c1. The van der Waals surface area contributed by atoms with E-state index in [-0.39, 0.29) is 24.5 Å². The van der Waals surface area contributed by atoms with Crippen molar-refractivity contribution in [2.24, 2.45) is 0 Å². The molecule has 0 saturated carbocycles. The molecule has 28 heavy (non-hydrogen) atoms. The van der Waals surface area contributed by atoms with Gasteiger partial charge in [-0.1, -0.05) is 32.0 Å². The average molecular weight is 380 g/mol. The Morgan fingerprint density at radius 2 is 1.79 bits per heavy atom. The number of rotatable bonds is 5. The average Bonchev–Trinajstić information content (AvgIpc) is 2.66. The maximum Gasteiger partial charge on any atom is 0.253 e. The molecule has 1 aliphatic heterocycles. The number of nitrogens with zero attached hydrogens (tertiary/aromatic N) is 1. The third-order valence-corrected chi connectivity index (χ3v) is 4.98. The van der Waals surface area contributed by atoms with Gasteiger partial charge in [-0.15, -0.1) is 0 Å². The van der Waals surface area contributed by atoms with Crippen LogP contribution < -0.4 is 10.2 Å². The Morgan fingerprint density at radius 1 is 1.14 bits per heavy atom. The summed E-state index contributed by atoms with van der Waals surface area (Å²) in [5.41, 5.74) is 4.94. The Morgan fingerprint density at radius 3 is 2.39 bits per heavy atom. The van der Waals surface area contributed by atoms with Crippen LogP contribution in [0.15, 0.2) is 42.5 Å². The highest BCUT2D eigenvalue weighted by Gasteiger charge is 2.28. The molecule has 0 aromatic heterocycles. The Bertz CT molecular complexity index is 838. The molecule has 2 amide bonds. The molecule has 3 rings (SSSR count). The first-order chi connectivity index (χ1) is 13.3. The summed E-state index contributed by atoms with van der Waals surface area (Å²) in [5, 5.41) is 2.93. The van der Waals surface area contributed by atoms with E-state index in [1.165, 1.54) is 5.56 Å². The number of anilines is 1. The zero-order valence-corrected chi connectivity index (χ0v) is 17.0.